The third-order valence-corrected chi connectivity index (χ3v) is 5.52. The van der Waals surface area contributed by atoms with E-state index in [0.717, 1.165) is 12.8 Å². The Balaban J connectivity index is 1.68. The molecule has 0 atom stereocenters. The number of piperazine rings is 1. The maximum Gasteiger partial charge on any atom is 0.407 e. The first kappa shape index (κ1) is 16.8. The molecule has 5 rings (SSSR count). The van der Waals surface area contributed by atoms with Gasteiger partial charge in [-0.1, -0.05) is 0 Å². The highest BCUT2D eigenvalue weighted by molar-refractivity contribution is 5.85. The first-order chi connectivity index (χ1) is 13.4. The molecule has 1 amide bonds. The molecule has 28 heavy (non-hydrogen) atoms. The lowest BCUT2D eigenvalue weighted by atomic mass is 10.2. The lowest BCUT2D eigenvalue weighted by Gasteiger charge is -2.34. The third-order valence-electron chi connectivity index (χ3n) is 5.52. The van der Waals surface area contributed by atoms with Crippen LogP contribution in [0.5, 0.6) is 0 Å². The molecule has 10 heteroatoms. The fourth-order valence-corrected chi connectivity index (χ4v) is 4.03. The monoisotopic (exact) mass is 387 g/mol. The Morgan fingerprint density at radius 1 is 1.07 bits per heavy atom. The summed E-state index contributed by atoms with van der Waals surface area (Å²) in [6.07, 6.45) is 0.892. The number of amides is 1. The predicted octanol–water partition coefficient (Wildman–Crippen LogP) is 1.22. The number of nitrogens with zero attached hydrogens (tertiary/aromatic N) is 4. The number of carboxylic acid groups (broad SMARTS) is 1. The van der Waals surface area contributed by atoms with Crippen LogP contribution in [0.1, 0.15) is 18.9 Å². The van der Waals surface area contributed by atoms with Gasteiger partial charge < -0.3 is 19.5 Å². The third kappa shape index (κ3) is 2.48. The number of hydrogen-bond acceptors (Lipinski definition) is 4. The van der Waals surface area contributed by atoms with Crippen molar-refractivity contribution in [3.63, 3.8) is 0 Å². The van der Waals surface area contributed by atoms with Gasteiger partial charge in [-0.05, 0) is 18.9 Å². The summed E-state index contributed by atoms with van der Waals surface area (Å²) in [5, 5.41) is 9.09. The van der Waals surface area contributed by atoms with E-state index < -0.39 is 23.2 Å². The van der Waals surface area contributed by atoms with Gasteiger partial charge in [0.05, 0.1) is 16.7 Å². The van der Waals surface area contributed by atoms with E-state index in [0.29, 0.717) is 48.5 Å². The van der Waals surface area contributed by atoms with Gasteiger partial charge in [0, 0.05) is 44.4 Å². The number of fused-ring (bicyclic) bond motifs is 3. The molecule has 1 saturated heterocycles. The molecule has 1 aliphatic heterocycles. The Labute approximate surface area is 157 Å². The van der Waals surface area contributed by atoms with Crippen LogP contribution < -0.4 is 16.1 Å². The van der Waals surface area contributed by atoms with Gasteiger partial charge in [0.25, 0.3) is 5.56 Å². The summed E-state index contributed by atoms with van der Waals surface area (Å²) in [6.45, 7) is 1.37. The van der Waals surface area contributed by atoms with Crippen LogP contribution in [-0.4, -0.2) is 56.2 Å². The smallest absolute Gasteiger partial charge is 0.407 e. The summed E-state index contributed by atoms with van der Waals surface area (Å²) < 4.78 is 18.2. The van der Waals surface area contributed by atoms with Crippen molar-refractivity contribution >= 4 is 28.5 Å². The van der Waals surface area contributed by atoms with Gasteiger partial charge in [0.2, 0.25) is 0 Å². The van der Waals surface area contributed by atoms with E-state index >= 15 is 0 Å². The summed E-state index contributed by atoms with van der Waals surface area (Å²) in [7, 11) is 0. The quantitative estimate of drug-likeness (QED) is 0.688. The van der Waals surface area contributed by atoms with Crippen molar-refractivity contribution in [1.29, 1.82) is 0 Å². The van der Waals surface area contributed by atoms with E-state index in [1.54, 1.807) is 6.07 Å². The van der Waals surface area contributed by atoms with Gasteiger partial charge in [-0.25, -0.2) is 18.4 Å². The van der Waals surface area contributed by atoms with E-state index in [2.05, 4.69) is 4.98 Å². The number of rotatable bonds is 2. The normalized spacial score (nSPS) is 17.6. The molecule has 0 spiro atoms. The lowest BCUT2D eigenvalue weighted by molar-refractivity contribution is 0.142. The molecule has 2 fully saturated rings. The molecule has 146 valence electrons. The van der Waals surface area contributed by atoms with Crippen LogP contribution in [0.3, 0.4) is 0 Å². The standard InChI is InChI=1S/C18H18FN5O4/c19-11-7-13-14(8-12(11)21-3-5-22(6-4-21)18(27)28)23(10-1-2-10)16-9-15(25)20-17(26)24(13)16/h7-10H,1-6H2,(H,27,28)(H,20,25,26). The number of H-pyrrole nitrogens is 1. The zero-order valence-corrected chi connectivity index (χ0v) is 14.9. The van der Waals surface area contributed by atoms with E-state index in [-0.39, 0.29) is 6.04 Å². The van der Waals surface area contributed by atoms with Crippen LogP contribution >= 0.6 is 0 Å². The van der Waals surface area contributed by atoms with Crippen LogP contribution in [0.25, 0.3) is 16.7 Å². The van der Waals surface area contributed by atoms with E-state index in [1.807, 2.05) is 9.47 Å². The maximum atomic E-state index is 15.0. The Bertz CT molecular complexity index is 1230. The maximum absolute atomic E-state index is 15.0. The summed E-state index contributed by atoms with van der Waals surface area (Å²) in [4.78, 5) is 40.6. The van der Waals surface area contributed by atoms with Crippen LogP contribution in [0, 0.1) is 5.82 Å². The second-order valence-electron chi connectivity index (χ2n) is 7.28. The highest BCUT2D eigenvalue weighted by Gasteiger charge is 2.30. The zero-order chi connectivity index (χ0) is 19.6. The molecule has 9 nitrogen and oxygen atoms in total. The minimum atomic E-state index is -0.978. The average molecular weight is 387 g/mol. The molecular formula is C18H18FN5O4. The lowest BCUT2D eigenvalue weighted by Crippen LogP contribution is -2.48. The van der Waals surface area contributed by atoms with Crippen LogP contribution in [0.15, 0.2) is 27.8 Å². The van der Waals surface area contributed by atoms with Crippen molar-refractivity contribution in [3.8, 4) is 0 Å². The van der Waals surface area contributed by atoms with Gasteiger partial charge in [-0.2, -0.15) is 0 Å². The van der Waals surface area contributed by atoms with E-state index in [4.69, 9.17) is 5.11 Å². The molecule has 1 saturated carbocycles. The number of nitrogens with one attached hydrogen (secondary N) is 1. The molecule has 0 radical (unpaired) electrons. The SMILES string of the molecule is O=C(O)N1CCN(c2cc3c(cc2F)n2c(=O)[nH]c(=O)cc2n3C2CC2)CC1. The van der Waals surface area contributed by atoms with E-state index in [1.165, 1.54) is 21.4 Å². The van der Waals surface area contributed by atoms with Crippen LogP contribution in [-0.2, 0) is 0 Å². The van der Waals surface area contributed by atoms with E-state index in [9.17, 15) is 18.8 Å². The van der Waals surface area contributed by atoms with Gasteiger partial charge in [-0.3, -0.25) is 9.78 Å². The summed E-state index contributed by atoms with van der Waals surface area (Å²) in [6, 6.07) is 4.56. The highest BCUT2D eigenvalue weighted by atomic mass is 19.1. The van der Waals surface area contributed by atoms with Crippen molar-refractivity contribution < 1.29 is 14.3 Å². The Morgan fingerprint density at radius 2 is 1.79 bits per heavy atom. The minimum Gasteiger partial charge on any atom is -0.465 e. The van der Waals surface area contributed by atoms with Gasteiger partial charge in [0.15, 0.2) is 0 Å². The number of anilines is 1. The number of imidazole rings is 1. The number of aromatic amines is 1. The number of benzene rings is 1. The largest absolute Gasteiger partial charge is 0.465 e. The first-order valence-electron chi connectivity index (χ1n) is 9.16. The van der Waals surface area contributed by atoms with Gasteiger partial charge in [0.1, 0.15) is 11.5 Å². The predicted molar refractivity (Wildman–Crippen MR) is 99.8 cm³/mol. The van der Waals surface area contributed by atoms with Crippen molar-refractivity contribution in [3.05, 3.63) is 44.9 Å². The van der Waals surface area contributed by atoms with Crippen molar-refractivity contribution in [2.24, 2.45) is 0 Å². The molecule has 3 heterocycles. The number of carbonyl (C=O) groups is 1. The summed E-state index contributed by atoms with van der Waals surface area (Å²) >= 11 is 0. The number of hydrogen-bond donors (Lipinski definition) is 2. The molecule has 1 aromatic carbocycles. The molecule has 2 N–H and O–H groups in total. The average Bonchev–Trinajstić information content (AvgIpc) is 3.43. The number of aromatic nitrogens is 3. The fraction of sp³-hybridized carbons (Fsp3) is 0.389. The topological polar surface area (TPSA) is 103 Å². The molecule has 2 aliphatic rings. The first-order valence-corrected chi connectivity index (χ1v) is 9.16. The number of halogens is 1. The van der Waals surface area contributed by atoms with Crippen LogP contribution in [0.2, 0.25) is 0 Å². The van der Waals surface area contributed by atoms with Gasteiger partial charge in [-0.15, -0.1) is 0 Å². The molecule has 3 aromatic rings. The van der Waals surface area contributed by atoms with Crippen LogP contribution in [0.4, 0.5) is 14.9 Å². The Kier molecular flexibility index (Phi) is 3.52. The summed E-state index contributed by atoms with van der Waals surface area (Å²) in [5.41, 5.74) is 0.860. The molecule has 1 aliphatic carbocycles. The van der Waals surface area contributed by atoms with Crippen molar-refractivity contribution in [1.82, 2.24) is 18.9 Å². The molecule has 0 bridgehead atoms. The fourth-order valence-electron chi connectivity index (χ4n) is 4.03. The summed E-state index contributed by atoms with van der Waals surface area (Å²) in [5.74, 6) is -0.482. The Morgan fingerprint density at radius 3 is 2.43 bits per heavy atom. The minimum absolute atomic E-state index is 0.177. The second kappa shape index (κ2) is 5.85. The molecule has 2 aromatic heterocycles. The Hall–Kier alpha value is -3.30. The van der Waals surface area contributed by atoms with Crippen molar-refractivity contribution in [2.75, 3.05) is 31.1 Å². The second-order valence-corrected chi connectivity index (χ2v) is 7.28. The van der Waals surface area contributed by atoms with Gasteiger partial charge >= 0.3 is 11.8 Å². The molecule has 0 unspecified atom stereocenters. The molecular weight excluding hydrogens is 369 g/mol. The van der Waals surface area contributed by atoms with Crippen molar-refractivity contribution in [2.45, 2.75) is 18.9 Å². The highest BCUT2D eigenvalue weighted by Crippen LogP contribution is 2.40. The zero-order valence-electron chi connectivity index (χ0n) is 14.9.